The molecule has 0 unspecified atom stereocenters. The molecule has 2 aromatic carbocycles. The summed E-state index contributed by atoms with van der Waals surface area (Å²) in [4.78, 5) is 12.8. The van der Waals surface area contributed by atoms with E-state index < -0.39 is 35.9 Å². The molecule has 0 bridgehead atoms. The number of halogens is 6. The van der Waals surface area contributed by atoms with E-state index in [2.05, 4.69) is 20.7 Å². The molecule has 29 heavy (non-hydrogen) atoms. The van der Waals surface area contributed by atoms with Gasteiger partial charge < -0.3 is 5.32 Å². The molecule has 0 saturated carbocycles. The number of alkyl halides is 6. The molecule has 3 aromatic rings. The Bertz CT molecular complexity index is 1030. The number of anilines is 1. The van der Waals surface area contributed by atoms with Crippen molar-refractivity contribution in [2.45, 2.75) is 18.9 Å². The van der Waals surface area contributed by atoms with E-state index in [1.165, 1.54) is 18.2 Å². The number of nitrogens with zero attached hydrogens (tertiary/aromatic N) is 4. The number of amides is 1. The summed E-state index contributed by atoms with van der Waals surface area (Å²) >= 11 is 0. The fourth-order valence-corrected chi connectivity index (χ4v) is 2.36. The van der Waals surface area contributed by atoms with Crippen molar-refractivity contribution in [1.29, 1.82) is 0 Å². The van der Waals surface area contributed by atoms with E-state index in [1.54, 1.807) is 0 Å². The monoisotopic (exact) mass is 415 g/mol. The van der Waals surface area contributed by atoms with Crippen molar-refractivity contribution in [3.63, 3.8) is 0 Å². The van der Waals surface area contributed by atoms with Crippen molar-refractivity contribution in [1.82, 2.24) is 20.2 Å². The van der Waals surface area contributed by atoms with E-state index in [4.69, 9.17) is 0 Å². The van der Waals surface area contributed by atoms with Crippen molar-refractivity contribution in [3.05, 3.63) is 59.7 Å². The molecule has 0 fully saturated rings. The first kappa shape index (κ1) is 20.3. The highest BCUT2D eigenvalue weighted by Crippen LogP contribution is 2.32. The van der Waals surface area contributed by atoms with Gasteiger partial charge in [0.15, 0.2) is 0 Å². The molecule has 0 radical (unpaired) electrons. The molecular weight excluding hydrogens is 404 g/mol. The Morgan fingerprint density at radius 2 is 1.55 bits per heavy atom. The van der Waals surface area contributed by atoms with Crippen LogP contribution < -0.4 is 5.32 Å². The maximum Gasteiger partial charge on any atom is 0.416 e. The molecule has 0 aliphatic heterocycles. The number of hydrogen-bond donors (Lipinski definition) is 1. The Labute approximate surface area is 159 Å². The van der Waals surface area contributed by atoms with Gasteiger partial charge in [-0.2, -0.15) is 31.1 Å². The smallest absolute Gasteiger partial charge is 0.324 e. The summed E-state index contributed by atoms with van der Waals surface area (Å²) < 4.78 is 76.5. The van der Waals surface area contributed by atoms with Crippen LogP contribution in [-0.2, 0) is 23.7 Å². The van der Waals surface area contributed by atoms with Crippen LogP contribution in [0.2, 0.25) is 0 Å². The third kappa shape index (κ3) is 5.09. The van der Waals surface area contributed by atoms with Crippen LogP contribution in [0.3, 0.4) is 0 Å². The highest BCUT2D eigenvalue weighted by Gasteiger charge is 2.31. The van der Waals surface area contributed by atoms with Crippen molar-refractivity contribution >= 4 is 11.6 Å². The average Bonchev–Trinajstić information content (AvgIpc) is 3.09. The Morgan fingerprint density at radius 3 is 2.21 bits per heavy atom. The van der Waals surface area contributed by atoms with Gasteiger partial charge in [0.1, 0.15) is 6.54 Å². The molecule has 0 saturated heterocycles. The number of rotatable bonds is 4. The van der Waals surface area contributed by atoms with Crippen LogP contribution in [-0.4, -0.2) is 26.1 Å². The third-order valence-electron chi connectivity index (χ3n) is 3.66. The zero-order valence-corrected chi connectivity index (χ0v) is 14.3. The molecule has 3 rings (SSSR count). The van der Waals surface area contributed by atoms with Crippen molar-refractivity contribution in [2.24, 2.45) is 0 Å². The van der Waals surface area contributed by atoms with Crippen molar-refractivity contribution in [2.75, 3.05) is 5.32 Å². The summed E-state index contributed by atoms with van der Waals surface area (Å²) in [6.07, 6.45) is -9.11. The number of tetrazole rings is 1. The van der Waals surface area contributed by atoms with E-state index in [0.717, 1.165) is 35.1 Å². The molecule has 1 amide bonds. The minimum Gasteiger partial charge on any atom is -0.324 e. The standard InChI is InChI=1S/C17H11F6N5O/c18-16(19,20)11-4-1-3-10(7-11)15-25-27-28(26-15)9-14(29)24-13-6-2-5-12(8-13)17(21,22)23/h1-8H,9H2,(H,24,29). The molecule has 0 spiro atoms. The molecular formula is C17H11F6N5O. The lowest BCUT2D eigenvalue weighted by Gasteiger charge is -2.09. The Balaban J connectivity index is 1.70. The Hall–Kier alpha value is -3.44. The minimum atomic E-state index is -4.56. The molecule has 6 nitrogen and oxygen atoms in total. The second-order valence-corrected chi connectivity index (χ2v) is 5.85. The highest BCUT2D eigenvalue weighted by atomic mass is 19.4. The molecule has 0 aliphatic carbocycles. The van der Waals surface area contributed by atoms with Crippen LogP contribution in [0, 0.1) is 0 Å². The van der Waals surface area contributed by atoms with E-state index >= 15 is 0 Å². The third-order valence-corrected chi connectivity index (χ3v) is 3.66. The van der Waals surface area contributed by atoms with Crippen molar-refractivity contribution < 1.29 is 31.1 Å². The molecule has 152 valence electrons. The lowest BCUT2D eigenvalue weighted by atomic mass is 10.1. The first-order chi connectivity index (χ1) is 13.5. The number of carbonyl (C=O) groups is 1. The minimum absolute atomic E-state index is 0.0457. The van der Waals surface area contributed by atoms with Gasteiger partial charge in [-0.15, -0.1) is 10.2 Å². The van der Waals surface area contributed by atoms with E-state index in [-0.39, 0.29) is 17.1 Å². The Kier molecular flexibility index (Phi) is 5.27. The summed E-state index contributed by atoms with van der Waals surface area (Å²) in [5.74, 6) is -0.875. The zero-order valence-electron chi connectivity index (χ0n) is 14.3. The summed E-state index contributed by atoms with van der Waals surface area (Å²) in [7, 11) is 0. The number of aromatic nitrogens is 4. The first-order valence-electron chi connectivity index (χ1n) is 7.95. The number of carbonyl (C=O) groups excluding carboxylic acids is 1. The van der Waals surface area contributed by atoms with E-state index in [1.807, 2.05) is 0 Å². The molecule has 1 heterocycles. The van der Waals surface area contributed by atoms with Gasteiger partial charge >= 0.3 is 12.4 Å². The van der Waals surface area contributed by atoms with Crippen LogP contribution in [0.15, 0.2) is 48.5 Å². The fourth-order valence-electron chi connectivity index (χ4n) is 2.36. The Morgan fingerprint density at radius 1 is 0.931 bits per heavy atom. The largest absolute Gasteiger partial charge is 0.416 e. The predicted octanol–water partition coefficient (Wildman–Crippen LogP) is 4.02. The summed E-state index contributed by atoms with van der Waals surface area (Å²) in [6.45, 7) is -0.498. The van der Waals surface area contributed by atoms with Crippen LogP contribution in [0.4, 0.5) is 32.0 Å². The second kappa shape index (κ2) is 7.53. The maximum absolute atomic E-state index is 12.8. The lowest BCUT2D eigenvalue weighted by Crippen LogP contribution is -2.20. The topological polar surface area (TPSA) is 72.7 Å². The second-order valence-electron chi connectivity index (χ2n) is 5.85. The lowest BCUT2D eigenvalue weighted by molar-refractivity contribution is -0.138. The van der Waals surface area contributed by atoms with Gasteiger partial charge in [-0.3, -0.25) is 4.79 Å². The van der Waals surface area contributed by atoms with Crippen molar-refractivity contribution in [3.8, 4) is 11.4 Å². The van der Waals surface area contributed by atoms with Gasteiger partial charge in [0.2, 0.25) is 11.7 Å². The van der Waals surface area contributed by atoms with E-state index in [9.17, 15) is 31.1 Å². The summed E-state index contributed by atoms with van der Waals surface area (Å²) in [6, 6.07) is 8.28. The number of hydrogen-bond acceptors (Lipinski definition) is 4. The van der Waals surface area contributed by atoms with Crippen LogP contribution in [0.25, 0.3) is 11.4 Å². The molecule has 0 aliphatic rings. The van der Waals surface area contributed by atoms with Gasteiger partial charge in [-0.1, -0.05) is 18.2 Å². The van der Waals surface area contributed by atoms with Gasteiger partial charge in [-0.25, -0.2) is 0 Å². The zero-order chi connectivity index (χ0) is 21.2. The molecule has 0 atom stereocenters. The van der Waals surface area contributed by atoms with Gasteiger partial charge in [0.25, 0.3) is 0 Å². The molecule has 12 heteroatoms. The number of nitrogens with one attached hydrogen (secondary N) is 1. The highest BCUT2D eigenvalue weighted by molar-refractivity contribution is 5.90. The molecule has 1 aromatic heterocycles. The normalized spacial score (nSPS) is 12.1. The SMILES string of the molecule is O=C(Cn1nnc(-c2cccc(C(F)(F)F)c2)n1)Nc1cccc(C(F)(F)F)c1. The first-order valence-corrected chi connectivity index (χ1v) is 7.95. The van der Waals surface area contributed by atoms with Crippen LogP contribution in [0.1, 0.15) is 11.1 Å². The van der Waals surface area contributed by atoms with Crippen LogP contribution in [0.5, 0.6) is 0 Å². The average molecular weight is 415 g/mol. The number of benzene rings is 2. The quantitative estimate of drug-likeness (QED) is 0.654. The van der Waals surface area contributed by atoms with Gasteiger partial charge in [-0.05, 0) is 35.5 Å². The fraction of sp³-hybridized carbons (Fsp3) is 0.176. The maximum atomic E-state index is 12.8. The van der Waals surface area contributed by atoms with Gasteiger partial charge in [0.05, 0.1) is 11.1 Å². The van der Waals surface area contributed by atoms with Gasteiger partial charge in [0, 0.05) is 11.3 Å². The predicted molar refractivity (Wildman–Crippen MR) is 88.3 cm³/mol. The van der Waals surface area contributed by atoms with Crippen LogP contribution >= 0.6 is 0 Å². The summed E-state index contributed by atoms with van der Waals surface area (Å²) in [5.41, 5.74) is -1.86. The molecule has 1 N–H and O–H groups in total. The van der Waals surface area contributed by atoms with E-state index in [0.29, 0.717) is 0 Å². The summed E-state index contributed by atoms with van der Waals surface area (Å²) in [5, 5.41) is 13.3.